The van der Waals surface area contributed by atoms with Crippen LogP contribution in [0.25, 0.3) is 0 Å². The number of carbonyl (C=O) groups is 1. The van der Waals surface area contributed by atoms with Crippen molar-refractivity contribution in [3.05, 3.63) is 35.4 Å². The van der Waals surface area contributed by atoms with E-state index in [4.69, 9.17) is 5.11 Å². The maximum absolute atomic E-state index is 10.9. The molecule has 1 aromatic carbocycles. The highest BCUT2D eigenvalue weighted by Gasteiger charge is 2.20. The molecule has 0 heterocycles. The Kier molecular flexibility index (Phi) is 4.53. The van der Waals surface area contributed by atoms with Crippen molar-refractivity contribution in [1.29, 1.82) is 0 Å². The van der Waals surface area contributed by atoms with Crippen LogP contribution >= 0.6 is 0 Å². The fourth-order valence-corrected chi connectivity index (χ4v) is 1.78. The molecule has 16 heavy (non-hydrogen) atoms. The van der Waals surface area contributed by atoms with Gasteiger partial charge < -0.3 is 5.11 Å². The lowest BCUT2D eigenvalue weighted by atomic mass is 9.88. The van der Waals surface area contributed by atoms with Gasteiger partial charge in [0.15, 0.2) is 0 Å². The van der Waals surface area contributed by atoms with E-state index in [9.17, 15) is 4.79 Å². The van der Waals surface area contributed by atoms with Crippen molar-refractivity contribution in [3.63, 3.8) is 0 Å². The molecule has 0 aliphatic heterocycles. The van der Waals surface area contributed by atoms with Crippen LogP contribution in [0.3, 0.4) is 0 Å². The summed E-state index contributed by atoms with van der Waals surface area (Å²) < 4.78 is 0. The molecule has 0 bridgehead atoms. The lowest BCUT2D eigenvalue weighted by molar-refractivity contribution is -0.141. The van der Waals surface area contributed by atoms with Gasteiger partial charge in [0.2, 0.25) is 0 Å². The van der Waals surface area contributed by atoms with Gasteiger partial charge in [0, 0.05) is 0 Å². The Labute approximate surface area is 97.3 Å². The predicted molar refractivity (Wildman–Crippen MR) is 65.7 cm³/mol. The van der Waals surface area contributed by atoms with Gasteiger partial charge in [-0.15, -0.1) is 0 Å². The SMILES string of the molecule is CCCc1ccc(C(C)C(C)C(=O)O)cc1. The summed E-state index contributed by atoms with van der Waals surface area (Å²) in [5.41, 5.74) is 2.43. The summed E-state index contributed by atoms with van der Waals surface area (Å²) in [7, 11) is 0. The van der Waals surface area contributed by atoms with Crippen molar-refractivity contribution < 1.29 is 9.90 Å². The molecule has 0 fully saturated rings. The highest BCUT2D eigenvalue weighted by atomic mass is 16.4. The fourth-order valence-electron chi connectivity index (χ4n) is 1.78. The third kappa shape index (κ3) is 3.09. The highest BCUT2D eigenvalue weighted by Crippen LogP contribution is 2.24. The van der Waals surface area contributed by atoms with Crippen molar-refractivity contribution in [2.75, 3.05) is 0 Å². The van der Waals surface area contributed by atoms with Crippen LogP contribution in [0.15, 0.2) is 24.3 Å². The fraction of sp³-hybridized carbons (Fsp3) is 0.500. The number of rotatable bonds is 5. The Hall–Kier alpha value is -1.31. The minimum Gasteiger partial charge on any atom is -0.481 e. The van der Waals surface area contributed by atoms with Gasteiger partial charge in [-0.3, -0.25) is 4.79 Å². The maximum atomic E-state index is 10.9. The standard InChI is InChI=1S/C14H20O2/c1-4-5-12-6-8-13(9-7-12)10(2)11(3)14(15)16/h6-11H,4-5H2,1-3H3,(H,15,16). The van der Waals surface area contributed by atoms with Crippen LogP contribution in [-0.4, -0.2) is 11.1 Å². The number of hydrogen-bond donors (Lipinski definition) is 1. The van der Waals surface area contributed by atoms with Crippen LogP contribution in [0.2, 0.25) is 0 Å². The number of aryl methyl sites for hydroxylation is 1. The van der Waals surface area contributed by atoms with Gasteiger partial charge in [-0.2, -0.15) is 0 Å². The minimum atomic E-state index is -0.731. The van der Waals surface area contributed by atoms with E-state index in [2.05, 4.69) is 31.2 Å². The first-order valence-electron chi connectivity index (χ1n) is 5.88. The van der Waals surface area contributed by atoms with E-state index in [-0.39, 0.29) is 11.8 Å². The Balaban J connectivity index is 2.77. The molecule has 0 aromatic heterocycles. The monoisotopic (exact) mass is 220 g/mol. The summed E-state index contributed by atoms with van der Waals surface area (Å²) in [5, 5.41) is 8.95. The van der Waals surface area contributed by atoms with Crippen molar-refractivity contribution in [3.8, 4) is 0 Å². The second kappa shape index (κ2) is 5.69. The first kappa shape index (κ1) is 12.8. The summed E-state index contributed by atoms with van der Waals surface area (Å²) in [5.74, 6) is -1.00. The Morgan fingerprint density at radius 2 is 1.81 bits per heavy atom. The van der Waals surface area contributed by atoms with Crippen LogP contribution < -0.4 is 0 Å². The van der Waals surface area contributed by atoms with Gasteiger partial charge in [-0.05, 0) is 23.5 Å². The lowest BCUT2D eigenvalue weighted by Crippen LogP contribution is -2.16. The summed E-state index contributed by atoms with van der Waals surface area (Å²) in [4.78, 5) is 10.9. The number of benzene rings is 1. The molecule has 0 saturated carbocycles. The summed E-state index contributed by atoms with van der Waals surface area (Å²) >= 11 is 0. The number of hydrogen-bond acceptors (Lipinski definition) is 1. The predicted octanol–water partition coefficient (Wildman–Crippen LogP) is 3.46. The van der Waals surface area contributed by atoms with Crippen molar-refractivity contribution in [1.82, 2.24) is 0 Å². The second-order valence-electron chi connectivity index (χ2n) is 4.41. The first-order valence-corrected chi connectivity index (χ1v) is 5.88. The molecular weight excluding hydrogens is 200 g/mol. The largest absolute Gasteiger partial charge is 0.481 e. The molecule has 2 atom stereocenters. The molecule has 1 aromatic rings. The zero-order valence-electron chi connectivity index (χ0n) is 10.2. The smallest absolute Gasteiger partial charge is 0.306 e. The molecule has 0 aliphatic carbocycles. The van der Waals surface area contributed by atoms with E-state index < -0.39 is 5.97 Å². The number of aliphatic carboxylic acids is 1. The van der Waals surface area contributed by atoms with E-state index >= 15 is 0 Å². The molecule has 1 N–H and O–H groups in total. The average Bonchev–Trinajstić information content (AvgIpc) is 2.28. The van der Waals surface area contributed by atoms with Crippen molar-refractivity contribution in [2.45, 2.75) is 39.5 Å². The van der Waals surface area contributed by atoms with E-state index in [1.54, 1.807) is 6.92 Å². The number of carboxylic acid groups (broad SMARTS) is 1. The van der Waals surface area contributed by atoms with E-state index in [1.807, 2.05) is 6.92 Å². The van der Waals surface area contributed by atoms with Crippen LogP contribution in [0.1, 0.15) is 44.2 Å². The molecule has 0 spiro atoms. The maximum Gasteiger partial charge on any atom is 0.306 e. The van der Waals surface area contributed by atoms with Crippen molar-refractivity contribution >= 4 is 5.97 Å². The van der Waals surface area contributed by atoms with Gasteiger partial charge >= 0.3 is 5.97 Å². The summed E-state index contributed by atoms with van der Waals surface area (Å²) in [6.45, 7) is 5.88. The van der Waals surface area contributed by atoms with Gasteiger partial charge in [-0.25, -0.2) is 0 Å². The van der Waals surface area contributed by atoms with E-state index in [1.165, 1.54) is 5.56 Å². The molecule has 0 amide bonds. The van der Waals surface area contributed by atoms with Crippen LogP contribution in [0.5, 0.6) is 0 Å². The van der Waals surface area contributed by atoms with Gasteiger partial charge in [0.05, 0.1) is 5.92 Å². The molecule has 1 rings (SSSR count). The molecular formula is C14H20O2. The lowest BCUT2D eigenvalue weighted by Gasteiger charge is -2.16. The average molecular weight is 220 g/mol. The quantitative estimate of drug-likeness (QED) is 0.825. The van der Waals surface area contributed by atoms with Crippen LogP contribution in [0, 0.1) is 5.92 Å². The van der Waals surface area contributed by atoms with Gasteiger partial charge in [0.25, 0.3) is 0 Å². The van der Waals surface area contributed by atoms with Crippen LogP contribution in [0.4, 0.5) is 0 Å². The third-order valence-electron chi connectivity index (χ3n) is 3.18. The molecule has 0 aliphatic rings. The summed E-state index contributed by atoms with van der Waals surface area (Å²) in [6.07, 6.45) is 2.23. The Bertz CT molecular complexity index is 340. The third-order valence-corrected chi connectivity index (χ3v) is 3.18. The molecule has 0 radical (unpaired) electrons. The molecule has 2 unspecified atom stereocenters. The first-order chi connectivity index (χ1) is 7.56. The normalized spacial score (nSPS) is 14.4. The van der Waals surface area contributed by atoms with Gasteiger partial charge in [0.1, 0.15) is 0 Å². The van der Waals surface area contributed by atoms with Gasteiger partial charge in [-0.1, -0.05) is 51.5 Å². The molecule has 2 nitrogen and oxygen atoms in total. The molecule has 2 heteroatoms. The molecule has 0 saturated heterocycles. The Morgan fingerprint density at radius 3 is 2.25 bits per heavy atom. The van der Waals surface area contributed by atoms with Crippen LogP contribution in [-0.2, 0) is 11.2 Å². The van der Waals surface area contributed by atoms with Crippen molar-refractivity contribution in [2.24, 2.45) is 5.92 Å². The zero-order valence-corrected chi connectivity index (χ0v) is 10.2. The number of carboxylic acids is 1. The second-order valence-corrected chi connectivity index (χ2v) is 4.41. The van der Waals surface area contributed by atoms with E-state index in [0.717, 1.165) is 18.4 Å². The van der Waals surface area contributed by atoms with E-state index in [0.29, 0.717) is 0 Å². The Morgan fingerprint density at radius 1 is 1.25 bits per heavy atom. The molecule has 88 valence electrons. The summed E-state index contributed by atoms with van der Waals surface area (Å²) in [6, 6.07) is 8.30. The highest BCUT2D eigenvalue weighted by molar-refractivity contribution is 5.70. The minimum absolute atomic E-state index is 0.0631. The topological polar surface area (TPSA) is 37.3 Å². The zero-order chi connectivity index (χ0) is 12.1.